The monoisotopic (exact) mass is 1030 g/mol. The number of carbonyl (C=O) groups excluding carboxylic acids is 1. The van der Waals surface area contributed by atoms with Gasteiger partial charge in [0.25, 0.3) is 0 Å². The highest BCUT2D eigenvalue weighted by Gasteiger charge is 2.51. The average molecular weight is 1030 g/mol. The summed E-state index contributed by atoms with van der Waals surface area (Å²) in [6, 6.07) is -0.830. The van der Waals surface area contributed by atoms with Crippen LogP contribution in [0.2, 0.25) is 0 Å². The van der Waals surface area contributed by atoms with E-state index in [0.717, 1.165) is 64.2 Å². The van der Waals surface area contributed by atoms with Gasteiger partial charge in [0, 0.05) is 6.42 Å². The lowest BCUT2D eigenvalue weighted by atomic mass is 9.97. The summed E-state index contributed by atoms with van der Waals surface area (Å²) in [5.74, 6) is -0.213. The molecule has 0 spiro atoms. The van der Waals surface area contributed by atoms with Crippen LogP contribution in [0.4, 0.5) is 0 Å². The molecule has 0 bridgehead atoms. The Morgan fingerprint density at radius 3 is 1.32 bits per heavy atom. The number of nitrogens with one attached hydrogen (secondary N) is 1. The molecule has 72 heavy (non-hydrogen) atoms. The number of rotatable bonds is 48. The van der Waals surface area contributed by atoms with Crippen molar-refractivity contribution >= 4 is 5.91 Å². The van der Waals surface area contributed by atoms with E-state index in [0.29, 0.717) is 19.3 Å². The Kier molecular flexibility index (Phi) is 41.6. The fourth-order valence-electron chi connectivity index (χ4n) is 10.1. The van der Waals surface area contributed by atoms with Crippen LogP contribution < -0.4 is 5.32 Å². The third-order valence-corrected chi connectivity index (χ3v) is 15.0. The van der Waals surface area contributed by atoms with Crippen LogP contribution in [0.25, 0.3) is 0 Å². The third-order valence-electron chi connectivity index (χ3n) is 15.0. The molecule has 0 aromatic carbocycles. The fourth-order valence-corrected chi connectivity index (χ4v) is 10.1. The largest absolute Gasteiger partial charge is 0.394 e. The maximum Gasteiger partial charge on any atom is 0.220 e. The van der Waals surface area contributed by atoms with Gasteiger partial charge in [-0.15, -0.1) is 0 Å². The molecule has 2 rings (SSSR count). The van der Waals surface area contributed by atoms with Crippen molar-refractivity contribution in [3.8, 4) is 0 Å². The Balaban J connectivity index is 1.73. The second kappa shape index (κ2) is 44.8. The number of hydrogen-bond donors (Lipinski definition) is 9. The molecule has 0 aromatic heterocycles. The lowest BCUT2D eigenvalue weighted by molar-refractivity contribution is -0.359. The van der Waals surface area contributed by atoms with E-state index in [-0.39, 0.29) is 12.5 Å². The van der Waals surface area contributed by atoms with Crippen molar-refractivity contribution in [2.45, 2.75) is 331 Å². The van der Waals surface area contributed by atoms with Crippen LogP contribution >= 0.6 is 0 Å². The van der Waals surface area contributed by atoms with E-state index in [9.17, 15) is 45.6 Å². The highest BCUT2D eigenvalue weighted by molar-refractivity contribution is 5.76. The van der Waals surface area contributed by atoms with Crippen molar-refractivity contribution in [1.29, 1.82) is 0 Å². The highest BCUT2D eigenvalue weighted by Crippen LogP contribution is 2.30. The van der Waals surface area contributed by atoms with Crippen LogP contribution in [0.1, 0.15) is 258 Å². The second-order valence-electron chi connectivity index (χ2n) is 21.5. The number of allylic oxidation sites excluding steroid dienone is 2. The van der Waals surface area contributed by atoms with Crippen molar-refractivity contribution in [1.82, 2.24) is 5.32 Å². The van der Waals surface area contributed by atoms with Gasteiger partial charge in [0.15, 0.2) is 12.6 Å². The normalized spacial score (nSPS) is 25.6. The number of ether oxygens (including phenoxy) is 4. The molecule has 0 aliphatic carbocycles. The molecule has 14 heteroatoms. The zero-order valence-electron chi connectivity index (χ0n) is 45.7. The second-order valence-corrected chi connectivity index (χ2v) is 21.5. The van der Waals surface area contributed by atoms with Crippen LogP contribution in [0.3, 0.4) is 0 Å². The fraction of sp³-hybridized carbons (Fsp3) is 0.948. The summed E-state index contributed by atoms with van der Waals surface area (Å²) in [6.07, 6.45) is 33.6. The summed E-state index contributed by atoms with van der Waals surface area (Å²) in [5.41, 5.74) is 0. The molecule has 426 valence electrons. The molecule has 12 atom stereocenters. The Bertz CT molecular complexity index is 1260. The maximum atomic E-state index is 13.2. The maximum absolute atomic E-state index is 13.2. The minimum atomic E-state index is -1.78. The standard InChI is InChI=1S/C58H111NO13/c1-3-5-7-9-11-13-15-17-19-20-21-22-23-24-25-26-27-28-29-31-33-35-37-39-41-47(62)46(59-50(63)42-40-38-36-34-32-30-18-16-14-12-10-8-6-4-2)45-69-57-55(68)53(66)56(49(44-61)71-57)72-58-54(67)52(65)51(64)48(43-60)70-58/h16,18,46-49,51-58,60-62,64-68H,3-15,17,19-45H2,1-2H3,(H,59,63)/b18-16-. The number of aliphatic hydroxyl groups excluding tert-OH is 8. The number of hydrogen-bond acceptors (Lipinski definition) is 13. The van der Waals surface area contributed by atoms with E-state index in [2.05, 4.69) is 31.3 Å². The van der Waals surface area contributed by atoms with Crippen molar-refractivity contribution in [2.75, 3.05) is 19.8 Å². The van der Waals surface area contributed by atoms with E-state index in [4.69, 9.17) is 18.9 Å². The van der Waals surface area contributed by atoms with Crippen LogP contribution in [-0.4, -0.2) is 140 Å². The van der Waals surface area contributed by atoms with Gasteiger partial charge in [-0.2, -0.15) is 0 Å². The smallest absolute Gasteiger partial charge is 0.220 e. The molecule has 2 aliphatic heterocycles. The first kappa shape index (κ1) is 66.8. The van der Waals surface area contributed by atoms with Gasteiger partial charge < -0.3 is 65.1 Å². The molecule has 14 nitrogen and oxygen atoms in total. The van der Waals surface area contributed by atoms with Crippen molar-refractivity contribution in [3.63, 3.8) is 0 Å². The molecule has 0 radical (unpaired) electrons. The van der Waals surface area contributed by atoms with Crippen molar-refractivity contribution in [2.24, 2.45) is 0 Å². The number of aliphatic hydroxyl groups is 8. The molecular formula is C58H111NO13. The molecule has 1 amide bonds. The topological polar surface area (TPSA) is 228 Å². The van der Waals surface area contributed by atoms with Crippen molar-refractivity contribution in [3.05, 3.63) is 12.2 Å². The molecule has 2 aliphatic rings. The first-order valence-electron chi connectivity index (χ1n) is 29.9. The van der Waals surface area contributed by atoms with Crippen LogP contribution in [0.15, 0.2) is 12.2 Å². The molecule has 0 aromatic rings. The molecule has 2 saturated heterocycles. The molecule has 9 N–H and O–H groups in total. The number of carbonyl (C=O) groups is 1. The Labute approximate surface area is 437 Å². The summed E-state index contributed by atoms with van der Waals surface area (Å²) in [5, 5.41) is 87.2. The molecule has 2 heterocycles. The lowest BCUT2D eigenvalue weighted by Gasteiger charge is -2.46. The average Bonchev–Trinajstić information content (AvgIpc) is 3.38. The van der Waals surface area contributed by atoms with Crippen LogP contribution in [0, 0.1) is 0 Å². The van der Waals surface area contributed by atoms with E-state index < -0.39 is 86.8 Å². The van der Waals surface area contributed by atoms with Gasteiger partial charge >= 0.3 is 0 Å². The number of amides is 1. The summed E-state index contributed by atoms with van der Waals surface area (Å²) in [7, 11) is 0. The zero-order chi connectivity index (χ0) is 52.4. The van der Waals surface area contributed by atoms with Crippen molar-refractivity contribution < 1.29 is 64.6 Å². The summed E-state index contributed by atoms with van der Waals surface area (Å²) < 4.78 is 22.8. The zero-order valence-corrected chi connectivity index (χ0v) is 45.7. The highest BCUT2D eigenvalue weighted by atomic mass is 16.7. The number of unbranched alkanes of at least 4 members (excludes halogenated alkanes) is 33. The minimum absolute atomic E-state index is 0.213. The Morgan fingerprint density at radius 1 is 0.486 bits per heavy atom. The lowest BCUT2D eigenvalue weighted by Crippen LogP contribution is -2.65. The van der Waals surface area contributed by atoms with Gasteiger partial charge in [0.1, 0.15) is 48.8 Å². The van der Waals surface area contributed by atoms with Gasteiger partial charge in [-0.25, -0.2) is 0 Å². The predicted octanol–water partition coefficient (Wildman–Crippen LogP) is 9.89. The predicted molar refractivity (Wildman–Crippen MR) is 286 cm³/mol. The van der Waals surface area contributed by atoms with Gasteiger partial charge in [0.2, 0.25) is 5.91 Å². The first-order valence-corrected chi connectivity index (χ1v) is 29.9. The Morgan fingerprint density at radius 2 is 0.875 bits per heavy atom. The molecular weight excluding hydrogens is 919 g/mol. The van der Waals surface area contributed by atoms with Crippen LogP contribution in [0.5, 0.6) is 0 Å². The van der Waals surface area contributed by atoms with E-state index in [1.807, 2.05) is 0 Å². The Hall–Kier alpha value is -1.27. The van der Waals surface area contributed by atoms with Gasteiger partial charge in [-0.3, -0.25) is 4.79 Å². The summed E-state index contributed by atoms with van der Waals surface area (Å²) in [4.78, 5) is 13.2. The first-order chi connectivity index (χ1) is 35.1. The summed E-state index contributed by atoms with van der Waals surface area (Å²) >= 11 is 0. The van der Waals surface area contributed by atoms with Gasteiger partial charge in [-0.05, 0) is 38.5 Å². The molecule has 0 saturated carbocycles. The minimum Gasteiger partial charge on any atom is -0.394 e. The third kappa shape index (κ3) is 30.5. The molecule has 12 unspecified atom stereocenters. The summed E-state index contributed by atoms with van der Waals surface area (Å²) in [6.45, 7) is 2.87. The SMILES string of the molecule is CCCCCCC/C=C\CCCCCCCC(=O)NC(COC1OC(CO)C(OC2OC(CO)C(O)C(O)C2O)C(O)C1O)C(O)CCCCCCCCCCCCCCCCCCCCCCCCCC. The van der Waals surface area contributed by atoms with E-state index in [1.165, 1.54) is 161 Å². The van der Waals surface area contributed by atoms with Gasteiger partial charge in [0.05, 0.1) is 32.0 Å². The van der Waals surface area contributed by atoms with E-state index in [1.54, 1.807) is 0 Å². The van der Waals surface area contributed by atoms with Crippen LogP contribution in [-0.2, 0) is 23.7 Å². The quantitative estimate of drug-likeness (QED) is 0.0205. The van der Waals surface area contributed by atoms with Gasteiger partial charge in [-0.1, -0.05) is 225 Å². The van der Waals surface area contributed by atoms with E-state index >= 15 is 0 Å². The molecule has 2 fully saturated rings.